The maximum atomic E-state index is 12.7. The molecule has 1 N–H and O–H groups in total. The Morgan fingerprint density at radius 1 is 1.25 bits per heavy atom. The molecule has 5 nitrogen and oxygen atoms in total. The molecule has 0 radical (unpaired) electrons. The largest absolute Gasteiger partial charge is 0.480 e. The van der Waals surface area contributed by atoms with Gasteiger partial charge >= 0.3 is 5.97 Å². The Kier molecular flexibility index (Phi) is 4.90. The fourth-order valence-corrected chi connectivity index (χ4v) is 3.98. The third-order valence-corrected chi connectivity index (χ3v) is 5.39. The zero-order chi connectivity index (χ0) is 17.2. The average Bonchev–Trinajstić information content (AvgIpc) is 2.61. The Morgan fingerprint density at radius 3 is 2.50 bits per heavy atom. The molecule has 1 saturated heterocycles. The van der Waals surface area contributed by atoms with Crippen molar-refractivity contribution in [3.8, 4) is 0 Å². The van der Waals surface area contributed by atoms with Crippen molar-refractivity contribution in [2.24, 2.45) is 5.41 Å². The van der Waals surface area contributed by atoms with Crippen molar-refractivity contribution in [1.29, 1.82) is 0 Å². The number of carbonyl (C=O) groups excluding carboxylic acids is 1. The first-order valence-electron chi connectivity index (χ1n) is 8.73. The molecule has 1 heterocycles. The third-order valence-electron chi connectivity index (χ3n) is 5.39. The fourth-order valence-electron chi connectivity index (χ4n) is 3.98. The second-order valence-electron chi connectivity index (χ2n) is 7.06. The zero-order valence-corrected chi connectivity index (χ0v) is 14.1. The van der Waals surface area contributed by atoms with Gasteiger partial charge in [0.1, 0.15) is 0 Å². The lowest BCUT2D eigenvalue weighted by Crippen LogP contribution is -2.68. The first-order valence-corrected chi connectivity index (χ1v) is 8.73. The van der Waals surface area contributed by atoms with Crippen LogP contribution >= 0.6 is 0 Å². The van der Waals surface area contributed by atoms with E-state index < -0.39 is 18.1 Å². The summed E-state index contributed by atoms with van der Waals surface area (Å²) in [4.78, 5) is 25.9. The minimum absolute atomic E-state index is 0.00441. The lowest BCUT2D eigenvalue weighted by molar-refractivity contribution is -0.182. The van der Waals surface area contributed by atoms with E-state index in [1.54, 1.807) is 6.92 Å². The van der Waals surface area contributed by atoms with Crippen LogP contribution in [0.1, 0.15) is 44.6 Å². The van der Waals surface area contributed by atoms with Gasteiger partial charge in [-0.3, -0.25) is 4.79 Å². The number of amides is 1. The Labute approximate surface area is 142 Å². The predicted octanol–water partition coefficient (Wildman–Crippen LogP) is 2.84. The number of β-lactam (4-membered cyclic amide) rings is 1. The van der Waals surface area contributed by atoms with Crippen LogP contribution in [0, 0.1) is 5.41 Å². The van der Waals surface area contributed by atoms with Gasteiger partial charge in [0.25, 0.3) is 0 Å². The maximum absolute atomic E-state index is 12.7. The van der Waals surface area contributed by atoms with Crippen molar-refractivity contribution >= 4 is 11.9 Å². The van der Waals surface area contributed by atoms with Crippen LogP contribution in [0.2, 0.25) is 0 Å². The lowest BCUT2D eigenvalue weighted by Gasteiger charge is -2.53. The van der Waals surface area contributed by atoms with Gasteiger partial charge in [-0.25, -0.2) is 4.79 Å². The predicted molar refractivity (Wildman–Crippen MR) is 89.3 cm³/mol. The maximum Gasteiger partial charge on any atom is 0.329 e. The van der Waals surface area contributed by atoms with Crippen LogP contribution in [0.4, 0.5) is 0 Å². The van der Waals surface area contributed by atoms with Gasteiger partial charge in [0.05, 0.1) is 18.1 Å². The molecule has 24 heavy (non-hydrogen) atoms. The lowest BCUT2D eigenvalue weighted by atomic mass is 9.67. The molecule has 5 heteroatoms. The number of ether oxygens (including phenoxy) is 1. The van der Waals surface area contributed by atoms with Gasteiger partial charge in [-0.1, -0.05) is 49.6 Å². The highest BCUT2D eigenvalue weighted by atomic mass is 16.5. The van der Waals surface area contributed by atoms with Gasteiger partial charge in [0.15, 0.2) is 6.04 Å². The topological polar surface area (TPSA) is 66.8 Å². The number of carbonyl (C=O) groups is 2. The smallest absolute Gasteiger partial charge is 0.329 e. The molecule has 2 fully saturated rings. The van der Waals surface area contributed by atoms with Gasteiger partial charge in [-0.15, -0.1) is 0 Å². The number of nitrogens with zero attached hydrogens (tertiary/aromatic N) is 1. The molecular formula is C19H25NO4. The van der Waals surface area contributed by atoms with Crippen molar-refractivity contribution < 1.29 is 19.4 Å². The monoisotopic (exact) mass is 331 g/mol. The van der Waals surface area contributed by atoms with Crippen LogP contribution in [0.3, 0.4) is 0 Å². The minimum atomic E-state index is -0.991. The molecule has 130 valence electrons. The number of aliphatic carboxylic acids is 1. The first kappa shape index (κ1) is 17.0. The van der Waals surface area contributed by atoms with E-state index >= 15 is 0 Å². The highest BCUT2D eigenvalue weighted by Crippen LogP contribution is 2.46. The van der Waals surface area contributed by atoms with Gasteiger partial charge in [0, 0.05) is 6.54 Å². The zero-order valence-electron chi connectivity index (χ0n) is 14.1. The molecule has 1 saturated carbocycles. The summed E-state index contributed by atoms with van der Waals surface area (Å²) in [6.45, 7) is 2.64. The van der Waals surface area contributed by atoms with E-state index in [-0.39, 0.29) is 11.3 Å². The van der Waals surface area contributed by atoms with E-state index in [1.807, 2.05) is 30.3 Å². The number of rotatable bonds is 6. The van der Waals surface area contributed by atoms with E-state index in [0.29, 0.717) is 13.2 Å². The Hall–Kier alpha value is -1.88. The fraction of sp³-hybridized carbons (Fsp3) is 0.579. The molecule has 0 aromatic heterocycles. The van der Waals surface area contributed by atoms with Crippen LogP contribution in [-0.2, 0) is 20.9 Å². The summed E-state index contributed by atoms with van der Waals surface area (Å²) in [5, 5.41) is 9.61. The normalized spacial score (nSPS) is 22.0. The average molecular weight is 331 g/mol. The van der Waals surface area contributed by atoms with Crippen molar-refractivity contribution in [3.05, 3.63) is 35.9 Å². The second-order valence-corrected chi connectivity index (χ2v) is 7.06. The van der Waals surface area contributed by atoms with Gasteiger partial charge in [-0.05, 0) is 25.3 Å². The number of carboxylic acid groups (broad SMARTS) is 1. The van der Waals surface area contributed by atoms with Crippen LogP contribution in [0.25, 0.3) is 0 Å². The van der Waals surface area contributed by atoms with Crippen LogP contribution in [0.5, 0.6) is 0 Å². The SMILES string of the molecule is C[C@@H](OCc1ccccc1)[C@@H](C(=O)O)N1CC2(CCCCC2)C1=O. The van der Waals surface area contributed by atoms with Crippen molar-refractivity contribution in [2.75, 3.05) is 6.54 Å². The summed E-state index contributed by atoms with van der Waals surface area (Å²) < 4.78 is 5.76. The van der Waals surface area contributed by atoms with Crippen molar-refractivity contribution in [2.45, 2.75) is 57.8 Å². The van der Waals surface area contributed by atoms with Crippen LogP contribution in [0.15, 0.2) is 30.3 Å². The number of carboxylic acids is 1. The molecule has 0 unspecified atom stereocenters. The Morgan fingerprint density at radius 2 is 1.92 bits per heavy atom. The summed E-state index contributed by atoms with van der Waals surface area (Å²) in [5.74, 6) is -0.987. The number of benzene rings is 1. The molecule has 0 bridgehead atoms. The molecular weight excluding hydrogens is 306 g/mol. The molecule has 1 aliphatic heterocycles. The van der Waals surface area contributed by atoms with E-state index in [9.17, 15) is 14.7 Å². The van der Waals surface area contributed by atoms with E-state index in [2.05, 4.69) is 0 Å². The van der Waals surface area contributed by atoms with E-state index in [0.717, 1.165) is 31.2 Å². The summed E-state index contributed by atoms with van der Waals surface area (Å²) in [6, 6.07) is 8.74. The molecule has 1 spiro atoms. The van der Waals surface area contributed by atoms with Crippen molar-refractivity contribution in [3.63, 3.8) is 0 Å². The molecule has 1 aliphatic carbocycles. The van der Waals surface area contributed by atoms with Crippen LogP contribution < -0.4 is 0 Å². The molecule has 1 aromatic rings. The molecule has 1 aromatic carbocycles. The van der Waals surface area contributed by atoms with Crippen LogP contribution in [-0.4, -0.2) is 40.6 Å². The number of likely N-dealkylation sites (tertiary alicyclic amines) is 1. The van der Waals surface area contributed by atoms with E-state index in [4.69, 9.17) is 4.74 Å². The highest BCUT2D eigenvalue weighted by molar-refractivity contribution is 5.93. The van der Waals surface area contributed by atoms with Crippen molar-refractivity contribution in [1.82, 2.24) is 4.90 Å². The number of hydrogen-bond acceptors (Lipinski definition) is 3. The van der Waals surface area contributed by atoms with Gasteiger partial charge in [0.2, 0.25) is 5.91 Å². The first-order chi connectivity index (χ1) is 11.5. The summed E-state index contributed by atoms with van der Waals surface area (Å²) in [6.07, 6.45) is 4.55. The standard InChI is InChI=1S/C19H25NO4/c1-14(24-12-15-8-4-2-5-9-15)16(17(21)22)20-13-19(18(20)23)10-6-3-7-11-19/h2,4-5,8-9,14,16H,3,6-7,10-13H2,1H3,(H,21,22)/t14-,16+/m1/s1. The number of hydrogen-bond donors (Lipinski definition) is 1. The molecule has 1 amide bonds. The summed E-state index contributed by atoms with van der Waals surface area (Å²) >= 11 is 0. The van der Waals surface area contributed by atoms with Gasteiger partial charge < -0.3 is 14.7 Å². The third kappa shape index (κ3) is 3.18. The molecule has 2 atom stereocenters. The molecule has 3 rings (SSSR count). The second kappa shape index (κ2) is 6.93. The molecule has 2 aliphatic rings. The minimum Gasteiger partial charge on any atom is -0.480 e. The quantitative estimate of drug-likeness (QED) is 0.814. The van der Waals surface area contributed by atoms with Gasteiger partial charge in [-0.2, -0.15) is 0 Å². The summed E-state index contributed by atoms with van der Waals surface area (Å²) in [5.41, 5.74) is 0.706. The van der Waals surface area contributed by atoms with E-state index in [1.165, 1.54) is 11.3 Å². The Bertz CT molecular complexity index is 595. The Balaban J connectivity index is 1.62. The summed E-state index contributed by atoms with van der Waals surface area (Å²) in [7, 11) is 0. The highest BCUT2D eigenvalue weighted by Gasteiger charge is 2.56.